The maximum atomic E-state index is 5.30. The Bertz CT molecular complexity index is 905. The van der Waals surface area contributed by atoms with Gasteiger partial charge < -0.3 is 4.74 Å². The lowest BCUT2D eigenvalue weighted by molar-refractivity contribution is 0.416. The molecule has 0 amide bonds. The SMILES string of the molecule is COc1ccccc1N=N/C(=N\Nc1ccc(C)cc1)c1ccccn1. The summed E-state index contributed by atoms with van der Waals surface area (Å²) < 4.78 is 5.30. The smallest absolute Gasteiger partial charge is 0.219 e. The number of hydrogen-bond donors (Lipinski definition) is 1. The quantitative estimate of drug-likeness (QED) is 0.307. The van der Waals surface area contributed by atoms with Crippen molar-refractivity contribution in [2.75, 3.05) is 12.5 Å². The average Bonchev–Trinajstić information content (AvgIpc) is 2.70. The third-order valence-electron chi connectivity index (χ3n) is 3.57. The van der Waals surface area contributed by atoms with Gasteiger partial charge in [-0.1, -0.05) is 35.9 Å². The molecule has 2 aromatic carbocycles. The number of hydrogen-bond acceptors (Lipinski definition) is 5. The largest absolute Gasteiger partial charge is 0.494 e. The number of anilines is 1. The summed E-state index contributed by atoms with van der Waals surface area (Å²) in [5, 5.41) is 12.9. The predicted molar refractivity (Wildman–Crippen MR) is 103 cm³/mol. The van der Waals surface area contributed by atoms with Crippen LogP contribution in [0.2, 0.25) is 0 Å². The van der Waals surface area contributed by atoms with Crippen molar-refractivity contribution in [1.29, 1.82) is 0 Å². The molecule has 6 heteroatoms. The minimum atomic E-state index is 0.372. The third kappa shape index (κ3) is 4.51. The second kappa shape index (κ2) is 8.53. The molecule has 0 fully saturated rings. The Kier molecular flexibility index (Phi) is 5.67. The molecule has 1 N–H and O–H groups in total. The van der Waals surface area contributed by atoms with Gasteiger partial charge in [0, 0.05) is 6.20 Å². The molecule has 0 aliphatic rings. The lowest BCUT2D eigenvalue weighted by Gasteiger charge is -2.04. The number of ether oxygens (including phenoxy) is 1. The molecule has 0 unspecified atom stereocenters. The number of methoxy groups -OCH3 is 1. The van der Waals surface area contributed by atoms with E-state index in [0.717, 1.165) is 5.69 Å². The van der Waals surface area contributed by atoms with E-state index >= 15 is 0 Å². The van der Waals surface area contributed by atoms with Crippen LogP contribution in [0.5, 0.6) is 5.75 Å². The summed E-state index contributed by atoms with van der Waals surface area (Å²) in [6, 6.07) is 20.9. The number of nitrogens with one attached hydrogen (secondary N) is 1. The van der Waals surface area contributed by atoms with E-state index in [2.05, 4.69) is 25.7 Å². The van der Waals surface area contributed by atoms with Crippen LogP contribution >= 0.6 is 0 Å². The lowest BCUT2D eigenvalue weighted by atomic mass is 10.2. The fraction of sp³-hybridized carbons (Fsp3) is 0.100. The van der Waals surface area contributed by atoms with Crippen LogP contribution < -0.4 is 10.2 Å². The van der Waals surface area contributed by atoms with Crippen molar-refractivity contribution in [2.24, 2.45) is 15.3 Å². The molecular formula is C20H19N5O. The number of rotatable bonds is 5. The number of hydrazone groups is 1. The van der Waals surface area contributed by atoms with Gasteiger partial charge in [-0.25, -0.2) is 0 Å². The van der Waals surface area contributed by atoms with E-state index in [1.807, 2.05) is 73.7 Å². The number of azo groups is 1. The highest BCUT2D eigenvalue weighted by Crippen LogP contribution is 2.26. The first kappa shape index (κ1) is 17.3. The molecule has 0 aliphatic carbocycles. The predicted octanol–water partition coefficient (Wildman–Crippen LogP) is 4.96. The van der Waals surface area contributed by atoms with Crippen LogP contribution in [0, 0.1) is 6.92 Å². The van der Waals surface area contributed by atoms with Crippen molar-refractivity contribution in [1.82, 2.24) is 4.98 Å². The van der Waals surface area contributed by atoms with Crippen LogP contribution in [0.4, 0.5) is 11.4 Å². The molecule has 0 spiro atoms. The monoisotopic (exact) mass is 345 g/mol. The van der Waals surface area contributed by atoms with E-state index < -0.39 is 0 Å². The summed E-state index contributed by atoms with van der Waals surface area (Å²) in [7, 11) is 1.60. The third-order valence-corrected chi connectivity index (χ3v) is 3.57. The maximum absolute atomic E-state index is 5.30. The molecule has 3 rings (SSSR count). The van der Waals surface area contributed by atoms with Crippen LogP contribution in [-0.2, 0) is 0 Å². The second-order valence-electron chi connectivity index (χ2n) is 5.50. The van der Waals surface area contributed by atoms with E-state index in [1.165, 1.54) is 5.56 Å². The van der Waals surface area contributed by atoms with Crippen molar-refractivity contribution in [2.45, 2.75) is 6.92 Å². The molecule has 0 radical (unpaired) electrons. The van der Waals surface area contributed by atoms with E-state index in [9.17, 15) is 0 Å². The molecule has 130 valence electrons. The van der Waals surface area contributed by atoms with Crippen LogP contribution in [0.25, 0.3) is 0 Å². The fourth-order valence-electron chi connectivity index (χ4n) is 2.19. The molecule has 6 nitrogen and oxygen atoms in total. The molecule has 0 saturated carbocycles. The summed E-state index contributed by atoms with van der Waals surface area (Å²) in [6.45, 7) is 2.04. The van der Waals surface area contributed by atoms with Crippen LogP contribution in [0.1, 0.15) is 11.3 Å². The first-order chi connectivity index (χ1) is 12.8. The van der Waals surface area contributed by atoms with E-state index in [1.54, 1.807) is 13.3 Å². The van der Waals surface area contributed by atoms with Gasteiger partial charge in [-0.2, -0.15) is 5.10 Å². The van der Waals surface area contributed by atoms with Gasteiger partial charge in [0.25, 0.3) is 0 Å². The van der Waals surface area contributed by atoms with Gasteiger partial charge >= 0.3 is 0 Å². The topological polar surface area (TPSA) is 71.2 Å². The standard InChI is InChI=1S/C20H19N5O/c1-15-10-12-16(13-11-15)22-24-20(18-8-5-6-14-21-18)25-23-17-7-3-4-9-19(17)26-2/h3-14,22H,1-2H3/b24-20-,25-23?. The molecule has 0 aliphatic heterocycles. The molecule has 0 bridgehead atoms. The van der Waals surface area contributed by atoms with Crippen LogP contribution in [0.15, 0.2) is 88.3 Å². The maximum Gasteiger partial charge on any atom is 0.219 e. The number of benzene rings is 2. The average molecular weight is 345 g/mol. The van der Waals surface area contributed by atoms with Gasteiger partial charge in [-0.15, -0.1) is 10.2 Å². The minimum absolute atomic E-state index is 0.372. The number of aryl methyl sites for hydroxylation is 1. The highest BCUT2D eigenvalue weighted by Gasteiger charge is 2.05. The number of pyridine rings is 1. The van der Waals surface area contributed by atoms with Gasteiger partial charge in [-0.05, 0) is 43.3 Å². The van der Waals surface area contributed by atoms with Crippen LogP contribution in [-0.4, -0.2) is 17.9 Å². The minimum Gasteiger partial charge on any atom is -0.494 e. The van der Waals surface area contributed by atoms with Crippen molar-refractivity contribution in [3.05, 3.63) is 84.2 Å². The molecule has 0 atom stereocenters. The molecule has 1 heterocycles. The Morgan fingerprint density at radius 1 is 0.962 bits per heavy atom. The van der Waals surface area contributed by atoms with Crippen molar-refractivity contribution < 1.29 is 4.74 Å². The zero-order valence-electron chi connectivity index (χ0n) is 14.6. The first-order valence-corrected chi connectivity index (χ1v) is 8.13. The summed E-state index contributed by atoms with van der Waals surface area (Å²) in [4.78, 5) is 4.30. The van der Waals surface area contributed by atoms with E-state index in [-0.39, 0.29) is 0 Å². The molecule has 26 heavy (non-hydrogen) atoms. The van der Waals surface area contributed by atoms with Gasteiger partial charge in [0.15, 0.2) is 0 Å². The molecule has 3 aromatic rings. The van der Waals surface area contributed by atoms with Crippen LogP contribution in [0.3, 0.4) is 0 Å². The number of amidine groups is 1. The van der Waals surface area contributed by atoms with E-state index in [4.69, 9.17) is 4.74 Å². The summed E-state index contributed by atoms with van der Waals surface area (Å²) in [5.41, 5.74) is 6.27. The van der Waals surface area contributed by atoms with Crippen molar-refractivity contribution in [3.8, 4) is 5.75 Å². The number of para-hydroxylation sites is 1. The first-order valence-electron chi connectivity index (χ1n) is 8.13. The second-order valence-corrected chi connectivity index (χ2v) is 5.50. The van der Waals surface area contributed by atoms with Gasteiger partial charge in [0.05, 0.1) is 12.8 Å². The summed E-state index contributed by atoms with van der Waals surface area (Å²) >= 11 is 0. The summed E-state index contributed by atoms with van der Waals surface area (Å²) in [6.07, 6.45) is 1.69. The zero-order valence-corrected chi connectivity index (χ0v) is 14.6. The van der Waals surface area contributed by atoms with Crippen molar-refractivity contribution in [3.63, 3.8) is 0 Å². The molecular weight excluding hydrogens is 326 g/mol. The Balaban J connectivity index is 1.89. The zero-order chi connectivity index (χ0) is 18.2. The Hall–Kier alpha value is -3.54. The highest BCUT2D eigenvalue weighted by molar-refractivity contribution is 5.97. The fourth-order valence-corrected chi connectivity index (χ4v) is 2.19. The summed E-state index contributed by atoms with van der Waals surface area (Å²) in [5.74, 6) is 1.01. The normalized spacial score (nSPS) is 11.5. The highest BCUT2D eigenvalue weighted by atomic mass is 16.5. The van der Waals surface area contributed by atoms with E-state index in [0.29, 0.717) is 23.0 Å². The Morgan fingerprint density at radius 3 is 2.46 bits per heavy atom. The molecule has 1 aromatic heterocycles. The number of nitrogens with zero attached hydrogens (tertiary/aromatic N) is 4. The lowest BCUT2D eigenvalue weighted by Crippen LogP contribution is -2.03. The van der Waals surface area contributed by atoms with Gasteiger partial charge in [-0.3, -0.25) is 10.4 Å². The van der Waals surface area contributed by atoms with Gasteiger partial charge in [0.2, 0.25) is 5.84 Å². The van der Waals surface area contributed by atoms with Crippen molar-refractivity contribution >= 4 is 17.2 Å². The molecule has 0 saturated heterocycles. The Labute approximate surface area is 152 Å². The number of aromatic nitrogens is 1. The van der Waals surface area contributed by atoms with Gasteiger partial charge in [0.1, 0.15) is 17.1 Å². The Morgan fingerprint density at radius 2 is 1.73 bits per heavy atom.